The van der Waals surface area contributed by atoms with Crippen molar-refractivity contribution in [3.8, 4) is 0 Å². The van der Waals surface area contributed by atoms with Gasteiger partial charge in [-0.25, -0.2) is 0 Å². The van der Waals surface area contributed by atoms with E-state index in [1.807, 2.05) is 6.07 Å². The van der Waals surface area contributed by atoms with Crippen molar-refractivity contribution in [2.45, 2.75) is 0 Å². The molecule has 57 heavy (non-hydrogen) atoms. The maximum absolute atomic E-state index is 4.05. The highest BCUT2D eigenvalue weighted by atomic mass is 32.1. The van der Waals surface area contributed by atoms with Gasteiger partial charge in [-0.1, -0.05) is 149 Å². The molecule has 8 bridgehead atoms. The molecule has 0 N–H and O–H groups in total. The van der Waals surface area contributed by atoms with E-state index in [0.29, 0.717) is 0 Å². The lowest BCUT2D eigenvalue weighted by molar-refractivity contribution is 1.35. The zero-order valence-corrected chi connectivity index (χ0v) is 33.9. The molecular weight excluding hydrogens is 773 g/mol. The van der Waals surface area contributed by atoms with Crippen molar-refractivity contribution in [1.29, 1.82) is 0 Å². The molecule has 5 heterocycles. The predicted molar refractivity (Wildman–Crippen MR) is 248 cm³/mol. The van der Waals surface area contributed by atoms with Crippen LogP contribution in [-0.4, -0.2) is 0 Å². The van der Waals surface area contributed by atoms with Crippen LogP contribution in [0.15, 0.2) is 206 Å². The molecule has 0 amide bonds. The van der Waals surface area contributed by atoms with Crippen molar-refractivity contribution >= 4 is 114 Å². The molecule has 274 valence electrons. The highest BCUT2D eigenvalue weighted by molar-refractivity contribution is 7.25. The van der Waals surface area contributed by atoms with Crippen LogP contribution in [-0.2, 0) is 0 Å². The van der Waals surface area contributed by atoms with Crippen LogP contribution in [0.3, 0.4) is 0 Å². The molecule has 0 radical (unpaired) electrons. The lowest BCUT2D eigenvalue weighted by Gasteiger charge is -2.25. The van der Waals surface area contributed by atoms with Gasteiger partial charge in [0.15, 0.2) is 0 Å². The van der Waals surface area contributed by atoms with Gasteiger partial charge in [-0.15, -0.1) is 5.73 Å². The highest BCUT2D eigenvalue weighted by Crippen LogP contribution is 2.54. The minimum Gasteiger partial charge on any atom is -0.293 e. The molecule has 0 aliphatic carbocycles. The second-order valence-corrected chi connectivity index (χ2v) is 17.4. The first-order valence-electron chi connectivity index (χ1n) is 18.5. The van der Waals surface area contributed by atoms with Crippen molar-refractivity contribution in [3.05, 3.63) is 218 Å². The molecule has 0 unspecified atom stereocenters. The smallest absolute Gasteiger partial charge is 0.103 e. The molecule has 0 saturated carbocycles. The van der Waals surface area contributed by atoms with E-state index in [9.17, 15) is 0 Å². The van der Waals surface area contributed by atoms with Gasteiger partial charge in [-0.05, 0) is 108 Å². The van der Waals surface area contributed by atoms with E-state index in [2.05, 4.69) is 220 Å². The Balaban J connectivity index is 1.17. The van der Waals surface area contributed by atoms with Crippen LogP contribution in [0, 0.1) is 0 Å². The number of para-hydroxylation sites is 3. The molecule has 8 heteroatoms. The summed E-state index contributed by atoms with van der Waals surface area (Å²) < 4.78 is 0. The standard InChI is InChI=1S/C49H34N4S4/c1-2-41(35-15-7-3-8-16-35)36-23-25-40(26-24-36)53-48-33-31-46(56-48)51(38-19-11-5-12-20-38)44-29-27-42(54-44)50(37-17-9-4-10-18-37)43-28-30-45(55-43)52(39-21-13-6-14-22-39)47-32-34-49(53)57-47/h3-34H,1H2. The fourth-order valence-corrected chi connectivity index (χ4v) is 11.7. The van der Waals surface area contributed by atoms with Gasteiger partial charge in [0, 0.05) is 28.3 Å². The first kappa shape index (κ1) is 35.1. The van der Waals surface area contributed by atoms with Crippen molar-refractivity contribution in [2.75, 3.05) is 19.6 Å². The van der Waals surface area contributed by atoms with Crippen molar-refractivity contribution < 1.29 is 0 Å². The molecular formula is C49H34N4S4. The van der Waals surface area contributed by atoms with E-state index in [-0.39, 0.29) is 0 Å². The minimum atomic E-state index is 0.987. The minimum absolute atomic E-state index is 0.987. The van der Waals surface area contributed by atoms with E-state index >= 15 is 0 Å². The molecule has 5 aromatic carbocycles. The largest absolute Gasteiger partial charge is 0.293 e. The molecule has 10 rings (SSSR count). The Morgan fingerprint density at radius 3 is 0.825 bits per heavy atom. The van der Waals surface area contributed by atoms with Gasteiger partial charge in [0.2, 0.25) is 0 Å². The van der Waals surface area contributed by atoms with Crippen LogP contribution >= 0.6 is 45.3 Å². The number of fused-ring (bicyclic) bond motifs is 8. The Bertz CT molecular complexity index is 2690. The molecule has 0 fully saturated rings. The van der Waals surface area contributed by atoms with Crippen molar-refractivity contribution in [3.63, 3.8) is 0 Å². The molecule has 0 atom stereocenters. The number of anilines is 12. The molecule has 9 aromatic rings. The second kappa shape index (κ2) is 15.3. The number of hydrogen-bond donors (Lipinski definition) is 0. The Hall–Kier alpha value is -6.38. The van der Waals surface area contributed by atoms with Gasteiger partial charge in [0.25, 0.3) is 0 Å². The average Bonchev–Trinajstić information content (AvgIpc) is 4.12. The molecule has 0 saturated heterocycles. The Morgan fingerprint density at radius 1 is 0.298 bits per heavy atom. The number of nitrogens with zero attached hydrogens (tertiary/aromatic N) is 4. The molecule has 0 spiro atoms. The third-order valence-electron chi connectivity index (χ3n) is 9.77. The van der Waals surface area contributed by atoms with E-state index < -0.39 is 0 Å². The molecule has 1 aliphatic heterocycles. The SMILES string of the molecule is C=C=C(c1ccccc1)c1ccc(N2c3ccc(s3)N(c3ccccc3)c3ccc(s3)N(c3ccccc3)c3ccc(s3)N(c3ccccc3)c3ccc2s3)cc1. The number of thiophene rings is 4. The quantitative estimate of drug-likeness (QED) is 0.155. The monoisotopic (exact) mass is 806 g/mol. The van der Waals surface area contributed by atoms with E-state index in [1.165, 1.54) is 0 Å². The van der Waals surface area contributed by atoms with Crippen LogP contribution in [0.1, 0.15) is 11.1 Å². The molecule has 1 aliphatic rings. The first-order chi connectivity index (χ1) is 28.2. The summed E-state index contributed by atoms with van der Waals surface area (Å²) in [7, 11) is 0. The summed E-state index contributed by atoms with van der Waals surface area (Å²) in [5, 5.41) is 9.06. The molecule has 4 nitrogen and oxygen atoms in total. The maximum atomic E-state index is 4.05. The van der Waals surface area contributed by atoms with Crippen LogP contribution in [0.4, 0.5) is 62.8 Å². The fourth-order valence-electron chi connectivity index (χ4n) is 7.17. The number of hydrogen-bond acceptors (Lipinski definition) is 8. The second-order valence-electron chi connectivity index (χ2n) is 13.3. The van der Waals surface area contributed by atoms with Crippen LogP contribution in [0.5, 0.6) is 0 Å². The maximum Gasteiger partial charge on any atom is 0.103 e. The van der Waals surface area contributed by atoms with Gasteiger partial charge in [-0.2, -0.15) is 0 Å². The summed E-state index contributed by atoms with van der Waals surface area (Å²) in [5.74, 6) is 0. The Kier molecular flexibility index (Phi) is 9.40. The summed E-state index contributed by atoms with van der Waals surface area (Å²) in [6.45, 7) is 4.05. The van der Waals surface area contributed by atoms with Crippen LogP contribution in [0.2, 0.25) is 0 Å². The first-order valence-corrected chi connectivity index (χ1v) is 21.8. The van der Waals surface area contributed by atoms with Crippen molar-refractivity contribution in [2.24, 2.45) is 0 Å². The summed E-state index contributed by atoms with van der Waals surface area (Å²) in [5.41, 5.74) is 10.8. The third kappa shape index (κ3) is 6.70. The van der Waals surface area contributed by atoms with E-state index in [0.717, 1.165) is 79.5 Å². The van der Waals surface area contributed by atoms with Gasteiger partial charge in [-0.3, -0.25) is 19.6 Å². The Labute approximate surface area is 348 Å². The third-order valence-corrected chi connectivity index (χ3v) is 14.0. The lowest BCUT2D eigenvalue weighted by Crippen LogP contribution is -2.08. The van der Waals surface area contributed by atoms with Gasteiger partial charge >= 0.3 is 0 Å². The van der Waals surface area contributed by atoms with Crippen molar-refractivity contribution in [1.82, 2.24) is 0 Å². The lowest BCUT2D eigenvalue weighted by atomic mass is 9.99. The molecule has 4 aromatic heterocycles. The van der Waals surface area contributed by atoms with E-state index in [4.69, 9.17) is 0 Å². The summed E-state index contributed by atoms with van der Waals surface area (Å²) in [4.78, 5) is 9.55. The normalized spacial score (nSPS) is 12.4. The van der Waals surface area contributed by atoms with Gasteiger partial charge in [0.1, 0.15) is 40.0 Å². The van der Waals surface area contributed by atoms with Gasteiger partial charge < -0.3 is 0 Å². The fraction of sp³-hybridized carbons (Fsp3) is 0. The van der Waals surface area contributed by atoms with Crippen LogP contribution in [0.25, 0.3) is 5.57 Å². The number of benzene rings is 5. The Morgan fingerprint density at radius 2 is 0.544 bits per heavy atom. The topological polar surface area (TPSA) is 13.0 Å². The van der Waals surface area contributed by atoms with Crippen LogP contribution < -0.4 is 19.6 Å². The summed E-state index contributed by atoms with van der Waals surface area (Å²) >= 11 is 7.15. The van der Waals surface area contributed by atoms with Gasteiger partial charge in [0.05, 0.1) is 0 Å². The number of rotatable bonds is 6. The zero-order valence-electron chi connectivity index (χ0n) is 30.6. The predicted octanol–water partition coefficient (Wildman–Crippen LogP) is 16.3. The summed E-state index contributed by atoms with van der Waals surface area (Å²) in [6.07, 6.45) is 0. The average molecular weight is 807 g/mol. The summed E-state index contributed by atoms with van der Waals surface area (Å²) in [6, 6.07) is 69.2. The van der Waals surface area contributed by atoms with E-state index in [1.54, 1.807) is 45.3 Å². The highest BCUT2D eigenvalue weighted by Gasteiger charge is 2.26. The zero-order chi connectivity index (χ0) is 38.1.